The quantitative estimate of drug-likeness (QED) is 0.763. The van der Waals surface area contributed by atoms with Crippen LogP contribution in [0.5, 0.6) is 0 Å². The summed E-state index contributed by atoms with van der Waals surface area (Å²) in [5, 5.41) is 8.66. The third kappa shape index (κ3) is 2.50. The van der Waals surface area contributed by atoms with Gasteiger partial charge in [0.1, 0.15) is 0 Å². The lowest BCUT2D eigenvalue weighted by atomic mass is 9.92. The number of nitriles is 1. The van der Waals surface area contributed by atoms with Crippen molar-refractivity contribution in [1.29, 1.82) is 5.26 Å². The molecule has 0 aromatic heterocycles. The van der Waals surface area contributed by atoms with Gasteiger partial charge in [0, 0.05) is 12.6 Å². The molecule has 2 fully saturated rings. The maximum absolute atomic E-state index is 8.66. The molecule has 0 bridgehead atoms. The number of likely N-dealkylation sites (tertiary alicyclic amines) is 1. The highest BCUT2D eigenvalue weighted by molar-refractivity contribution is 4.92. The molecule has 2 rings (SSSR count). The normalized spacial score (nSPS) is 33.3. The molecule has 3 heteroatoms. The van der Waals surface area contributed by atoms with Gasteiger partial charge < -0.3 is 10.6 Å². The van der Waals surface area contributed by atoms with Crippen LogP contribution in [-0.4, -0.2) is 30.1 Å². The summed E-state index contributed by atoms with van der Waals surface area (Å²) in [4.78, 5) is 2.58. The number of nitrogens with zero attached hydrogens (tertiary/aromatic N) is 2. The number of nitrogens with two attached hydrogens (primary N) is 1. The van der Waals surface area contributed by atoms with E-state index in [-0.39, 0.29) is 6.04 Å². The van der Waals surface area contributed by atoms with Crippen molar-refractivity contribution in [3.63, 3.8) is 0 Å². The van der Waals surface area contributed by atoms with Crippen LogP contribution in [0.2, 0.25) is 0 Å². The number of hydrogen-bond acceptors (Lipinski definition) is 3. The molecular formula is C12H21N3. The molecular weight excluding hydrogens is 186 g/mol. The Labute approximate surface area is 92.2 Å². The zero-order valence-corrected chi connectivity index (χ0v) is 9.36. The van der Waals surface area contributed by atoms with E-state index in [2.05, 4.69) is 11.0 Å². The van der Waals surface area contributed by atoms with Crippen molar-refractivity contribution >= 4 is 0 Å². The first kappa shape index (κ1) is 10.9. The highest BCUT2D eigenvalue weighted by Crippen LogP contribution is 2.36. The highest BCUT2D eigenvalue weighted by atomic mass is 15.2. The Balaban J connectivity index is 1.83. The lowest BCUT2D eigenvalue weighted by Gasteiger charge is -2.37. The molecule has 1 heterocycles. The number of piperidine rings is 1. The molecule has 0 radical (unpaired) electrons. The van der Waals surface area contributed by atoms with Crippen LogP contribution in [0, 0.1) is 17.2 Å². The molecule has 1 saturated heterocycles. The summed E-state index contributed by atoms with van der Waals surface area (Å²) in [7, 11) is 0. The molecule has 84 valence electrons. The van der Waals surface area contributed by atoms with Crippen molar-refractivity contribution in [2.45, 2.75) is 50.6 Å². The van der Waals surface area contributed by atoms with Crippen LogP contribution in [0.15, 0.2) is 0 Å². The van der Waals surface area contributed by atoms with Crippen LogP contribution in [0.4, 0.5) is 0 Å². The van der Waals surface area contributed by atoms with Gasteiger partial charge in [0.05, 0.1) is 12.1 Å². The van der Waals surface area contributed by atoms with Crippen LogP contribution in [0.25, 0.3) is 0 Å². The van der Waals surface area contributed by atoms with E-state index in [1.807, 2.05) is 0 Å². The third-order valence-electron chi connectivity index (χ3n) is 4.00. The van der Waals surface area contributed by atoms with Gasteiger partial charge in [-0.05, 0) is 44.6 Å². The van der Waals surface area contributed by atoms with Gasteiger partial charge in [0.25, 0.3) is 0 Å². The van der Waals surface area contributed by atoms with E-state index in [1.54, 1.807) is 0 Å². The molecule has 3 atom stereocenters. The van der Waals surface area contributed by atoms with Crippen molar-refractivity contribution in [3.05, 3.63) is 0 Å². The van der Waals surface area contributed by atoms with Crippen molar-refractivity contribution in [2.24, 2.45) is 11.7 Å². The molecule has 3 nitrogen and oxygen atoms in total. The van der Waals surface area contributed by atoms with E-state index < -0.39 is 0 Å². The van der Waals surface area contributed by atoms with E-state index in [0.717, 1.165) is 24.9 Å². The highest BCUT2D eigenvalue weighted by Gasteiger charge is 2.34. The second kappa shape index (κ2) is 4.96. The lowest BCUT2D eigenvalue weighted by Crippen LogP contribution is -2.44. The van der Waals surface area contributed by atoms with Crippen molar-refractivity contribution in [2.75, 3.05) is 13.1 Å². The molecule has 1 saturated carbocycles. The first-order valence-corrected chi connectivity index (χ1v) is 6.20. The van der Waals surface area contributed by atoms with Gasteiger partial charge >= 0.3 is 0 Å². The van der Waals surface area contributed by atoms with Crippen molar-refractivity contribution < 1.29 is 0 Å². The van der Waals surface area contributed by atoms with E-state index in [0.29, 0.717) is 0 Å². The molecule has 15 heavy (non-hydrogen) atoms. The first-order chi connectivity index (χ1) is 7.31. The Bertz CT molecular complexity index is 246. The summed E-state index contributed by atoms with van der Waals surface area (Å²) >= 11 is 0. The monoisotopic (exact) mass is 207 g/mol. The summed E-state index contributed by atoms with van der Waals surface area (Å²) in [6.45, 7) is 2.25. The number of fused-ring (bicyclic) bond motifs is 1. The van der Waals surface area contributed by atoms with Crippen molar-refractivity contribution in [3.8, 4) is 6.07 Å². The maximum Gasteiger partial charge on any atom is 0.0940 e. The molecule has 0 amide bonds. The third-order valence-corrected chi connectivity index (χ3v) is 4.00. The van der Waals surface area contributed by atoms with Gasteiger partial charge in [-0.25, -0.2) is 0 Å². The molecule has 0 aromatic carbocycles. The van der Waals surface area contributed by atoms with E-state index >= 15 is 0 Å². The largest absolute Gasteiger partial charge is 0.316 e. The number of hydrogen-bond donors (Lipinski definition) is 1. The van der Waals surface area contributed by atoms with Crippen molar-refractivity contribution in [1.82, 2.24) is 4.90 Å². The zero-order chi connectivity index (χ0) is 10.7. The number of rotatable bonds is 3. The fourth-order valence-corrected chi connectivity index (χ4v) is 3.20. The minimum absolute atomic E-state index is 0.272. The Morgan fingerprint density at radius 3 is 2.93 bits per heavy atom. The van der Waals surface area contributed by atoms with Crippen LogP contribution in [0.1, 0.15) is 38.5 Å². The Kier molecular flexibility index (Phi) is 3.61. The van der Waals surface area contributed by atoms with Gasteiger partial charge in [0.2, 0.25) is 0 Å². The van der Waals surface area contributed by atoms with E-state index in [1.165, 1.54) is 38.6 Å². The second-order valence-electron chi connectivity index (χ2n) is 4.96. The summed E-state index contributed by atoms with van der Waals surface area (Å²) in [5.41, 5.74) is 5.64. The minimum Gasteiger partial charge on any atom is -0.316 e. The topological polar surface area (TPSA) is 53.1 Å². The summed E-state index contributed by atoms with van der Waals surface area (Å²) in [6, 6.07) is 2.65. The van der Waals surface area contributed by atoms with Gasteiger partial charge in [-0.15, -0.1) is 0 Å². The lowest BCUT2D eigenvalue weighted by molar-refractivity contribution is 0.111. The average molecular weight is 207 g/mol. The molecule has 1 aliphatic carbocycles. The Hall–Kier alpha value is -0.590. The average Bonchev–Trinajstić information content (AvgIpc) is 2.74. The molecule has 0 aromatic rings. The molecule has 2 N–H and O–H groups in total. The fraction of sp³-hybridized carbons (Fsp3) is 0.917. The molecule has 3 unspecified atom stereocenters. The van der Waals surface area contributed by atoms with E-state index in [9.17, 15) is 0 Å². The van der Waals surface area contributed by atoms with E-state index in [4.69, 9.17) is 11.0 Å². The molecule has 0 spiro atoms. The first-order valence-electron chi connectivity index (χ1n) is 6.20. The maximum atomic E-state index is 8.66. The minimum atomic E-state index is -0.272. The van der Waals surface area contributed by atoms with Gasteiger partial charge in [-0.3, -0.25) is 0 Å². The summed E-state index contributed by atoms with van der Waals surface area (Å²) < 4.78 is 0. The predicted octanol–water partition coefficient (Wildman–Crippen LogP) is 1.49. The fourth-order valence-electron chi connectivity index (χ4n) is 3.20. The summed E-state index contributed by atoms with van der Waals surface area (Å²) in [6.07, 6.45) is 7.78. The van der Waals surface area contributed by atoms with Gasteiger partial charge in [-0.2, -0.15) is 5.26 Å². The predicted molar refractivity (Wildman–Crippen MR) is 60.1 cm³/mol. The Morgan fingerprint density at radius 2 is 2.13 bits per heavy atom. The van der Waals surface area contributed by atoms with Crippen LogP contribution in [0.3, 0.4) is 0 Å². The van der Waals surface area contributed by atoms with Gasteiger partial charge in [-0.1, -0.05) is 6.42 Å². The SMILES string of the molecule is N#CC(N)CCN1CCCC2CCCC21. The van der Waals surface area contributed by atoms with Crippen LogP contribution < -0.4 is 5.73 Å². The molecule has 2 aliphatic rings. The Morgan fingerprint density at radius 1 is 1.33 bits per heavy atom. The standard InChI is InChI=1S/C12H21N3/c13-9-11(14)6-8-15-7-2-4-10-3-1-5-12(10)15/h10-12H,1-8,14H2. The van der Waals surface area contributed by atoms with Crippen LogP contribution in [-0.2, 0) is 0 Å². The smallest absolute Gasteiger partial charge is 0.0940 e. The zero-order valence-electron chi connectivity index (χ0n) is 9.36. The van der Waals surface area contributed by atoms with Crippen LogP contribution >= 0.6 is 0 Å². The second-order valence-corrected chi connectivity index (χ2v) is 4.96. The summed E-state index contributed by atoms with van der Waals surface area (Å²) in [5.74, 6) is 0.942. The van der Waals surface area contributed by atoms with Gasteiger partial charge in [0.15, 0.2) is 0 Å². The molecule has 1 aliphatic heterocycles.